The minimum Gasteiger partial charge on any atom is -0.379 e. The predicted molar refractivity (Wildman–Crippen MR) is 73.2 cm³/mol. The van der Waals surface area contributed by atoms with Crippen molar-refractivity contribution in [2.45, 2.75) is 64.8 Å². The van der Waals surface area contributed by atoms with Crippen LogP contribution in [-0.2, 0) is 0 Å². The van der Waals surface area contributed by atoms with Crippen LogP contribution in [0.1, 0.15) is 52.4 Å². The summed E-state index contributed by atoms with van der Waals surface area (Å²) in [7, 11) is 0. The van der Waals surface area contributed by atoms with Crippen LogP contribution in [-0.4, -0.2) is 35.2 Å². The van der Waals surface area contributed by atoms with E-state index in [2.05, 4.69) is 24.1 Å². The van der Waals surface area contributed by atoms with Crippen LogP contribution in [0.5, 0.6) is 0 Å². The fraction of sp³-hybridized carbons (Fsp3) is 0.786. The van der Waals surface area contributed by atoms with Crippen LogP contribution in [0.3, 0.4) is 0 Å². The predicted octanol–water partition coefficient (Wildman–Crippen LogP) is 2.95. The van der Waals surface area contributed by atoms with Crippen molar-refractivity contribution >= 4 is 6.21 Å². The van der Waals surface area contributed by atoms with Crippen LogP contribution in [0.25, 0.3) is 0 Å². The Hall–Kier alpha value is -0.670. The maximum Gasteiger partial charge on any atom is 0.106 e. The van der Waals surface area contributed by atoms with E-state index in [1.807, 2.05) is 18.0 Å². The molecule has 1 aliphatic heterocycles. The number of nitrogens with zero attached hydrogens (tertiary/aromatic N) is 2. The van der Waals surface area contributed by atoms with Crippen LogP contribution in [0.2, 0.25) is 0 Å². The largest absolute Gasteiger partial charge is 0.379 e. The molecule has 2 unspecified atom stereocenters. The van der Waals surface area contributed by atoms with E-state index >= 15 is 0 Å². The molecule has 0 aromatic carbocycles. The number of aliphatic imine (C=N–C) groups is 1. The summed E-state index contributed by atoms with van der Waals surface area (Å²) in [4.78, 5) is 6.46. The SMILES string of the molecule is C/C=C/CCCCCCC1N=CCN1C(C)O. The molecule has 17 heavy (non-hydrogen) atoms. The number of unbranched alkanes of at least 4 members (excludes halogenated alkanes) is 4. The Kier molecular flexibility index (Phi) is 7.13. The smallest absolute Gasteiger partial charge is 0.106 e. The van der Waals surface area contributed by atoms with Crippen molar-refractivity contribution in [3.05, 3.63) is 12.2 Å². The van der Waals surface area contributed by atoms with Gasteiger partial charge in [0.15, 0.2) is 0 Å². The molecule has 1 aliphatic rings. The molecule has 1 heterocycles. The molecule has 0 bridgehead atoms. The van der Waals surface area contributed by atoms with Crippen LogP contribution in [0.15, 0.2) is 17.1 Å². The van der Waals surface area contributed by atoms with Gasteiger partial charge in [0.1, 0.15) is 12.4 Å². The van der Waals surface area contributed by atoms with Crippen molar-refractivity contribution in [3.8, 4) is 0 Å². The molecule has 0 aromatic rings. The first-order valence-electron chi connectivity index (χ1n) is 6.82. The Morgan fingerprint density at radius 1 is 1.41 bits per heavy atom. The maximum atomic E-state index is 9.56. The van der Waals surface area contributed by atoms with E-state index < -0.39 is 0 Å². The highest BCUT2D eigenvalue weighted by Gasteiger charge is 2.23. The van der Waals surface area contributed by atoms with Crippen molar-refractivity contribution in [1.82, 2.24) is 4.90 Å². The molecule has 0 saturated heterocycles. The van der Waals surface area contributed by atoms with Crippen molar-refractivity contribution in [2.24, 2.45) is 4.99 Å². The first-order valence-corrected chi connectivity index (χ1v) is 6.82. The van der Waals surface area contributed by atoms with Crippen LogP contribution < -0.4 is 0 Å². The summed E-state index contributed by atoms with van der Waals surface area (Å²) in [6, 6.07) is 0. The average molecular weight is 238 g/mol. The van der Waals surface area contributed by atoms with E-state index in [1.54, 1.807) is 0 Å². The van der Waals surface area contributed by atoms with Gasteiger partial charge in [-0.3, -0.25) is 9.89 Å². The highest BCUT2D eigenvalue weighted by Crippen LogP contribution is 2.17. The quantitative estimate of drug-likeness (QED) is 0.521. The minimum absolute atomic E-state index is 0.213. The summed E-state index contributed by atoms with van der Waals surface area (Å²) in [5, 5.41) is 9.56. The van der Waals surface area contributed by atoms with Gasteiger partial charge in [-0.25, -0.2) is 0 Å². The van der Waals surface area contributed by atoms with Gasteiger partial charge in [-0.2, -0.15) is 0 Å². The third-order valence-corrected chi connectivity index (χ3v) is 3.25. The number of hydrogen-bond acceptors (Lipinski definition) is 3. The standard InChI is InChI=1S/C14H26N2O/c1-3-4-5-6-7-8-9-10-14-15-11-12-16(14)13(2)17/h3-4,11,13-14,17H,5-10,12H2,1-2H3/b4-3+. The lowest BCUT2D eigenvalue weighted by Crippen LogP contribution is -2.37. The number of hydrogen-bond donors (Lipinski definition) is 1. The number of allylic oxidation sites excluding steroid dienone is 2. The fourth-order valence-electron chi connectivity index (χ4n) is 2.22. The molecule has 1 rings (SSSR count). The number of aliphatic hydroxyl groups excluding tert-OH is 1. The normalized spacial score (nSPS) is 22.6. The van der Waals surface area contributed by atoms with Crippen molar-refractivity contribution in [1.29, 1.82) is 0 Å². The minimum atomic E-state index is -0.378. The first kappa shape index (κ1) is 14.4. The van der Waals surface area contributed by atoms with Crippen molar-refractivity contribution in [2.75, 3.05) is 6.54 Å². The highest BCUT2D eigenvalue weighted by atomic mass is 16.3. The van der Waals surface area contributed by atoms with Crippen molar-refractivity contribution in [3.63, 3.8) is 0 Å². The summed E-state index contributed by atoms with van der Waals surface area (Å²) in [6.45, 7) is 4.69. The molecule has 1 N–H and O–H groups in total. The topological polar surface area (TPSA) is 35.8 Å². The van der Waals surface area contributed by atoms with Gasteiger partial charge in [-0.15, -0.1) is 0 Å². The molecule has 3 nitrogen and oxygen atoms in total. The van der Waals surface area contributed by atoms with E-state index in [0.717, 1.165) is 13.0 Å². The Morgan fingerprint density at radius 3 is 2.88 bits per heavy atom. The summed E-state index contributed by atoms with van der Waals surface area (Å²) >= 11 is 0. The Labute approximate surface area is 105 Å². The van der Waals surface area contributed by atoms with E-state index in [9.17, 15) is 5.11 Å². The first-order chi connectivity index (χ1) is 8.25. The zero-order valence-electron chi connectivity index (χ0n) is 11.2. The summed E-state index contributed by atoms with van der Waals surface area (Å²) in [5.74, 6) is 0. The molecular formula is C14H26N2O. The average Bonchev–Trinajstić information content (AvgIpc) is 2.76. The molecule has 0 saturated carbocycles. The molecule has 0 radical (unpaired) electrons. The molecule has 3 heteroatoms. The Balaban J connectivity index is 2.04. The monoisotopic (exact) mass is 238 g/mol. The third-order valence-electron chi connectivity index (χ3n) is 3.25. The molecule has 2 atom stereocenters. The summed E-state index contributed by atoms with van der Waals surface area (Å²) in [5.41, 5.74) is 0. The van der Waals surface area contributed by atoms with E-state index in [-0.39, 0.29) is 12.4 Å². The lowest BCUT2D eigenvalue weighted by molar-refractivity contribution is 0.00710. The van der Waals surface area contributed by atoms with Crippen LogP contribution >= 0.6 is 0 Å². The summed E-state index contributed by atoms with van der Waals surface area (Å²) in [6.07, 6.45) is 13.5. The molecule has 0 spiro atoms. The second kappa shape index (κ2) is 8.43. The second-order valence-corrected chi connectivity index (χ2v) is 4.70. The van der Waals surface area contributed by atoms with Gasteiger partial charge < -0.3 is 5.11 Å². The Morgan fingerprint density at radius 2 is 2.18 bits per heavy atom. The van der Waals surface area contributed by atoms with E-state index in [4.69, 9.17) is 0 Å². The zero-order chi connectivity index (χ0) is 12.5. The molecular weight excluding hydrogens is 212 g/mol. The van der Waals surface area contributed by atoms with Gasteiger partial charge in [-0.05, 0) is 39.5 Å². The van der Waals surface area contributed by atoms with Gasteiger partial charge in [-0.1, -0.05) is 25.0 Å². The molecule has 98 valence electrons. The lowest BCUT2D eigenvalue weighted by Gasteiger charge is -2.25. The number of rotatable bonds is 8. The molecule has 0 aliphatic carbocycles. The van der Waals surface area contributed by atoms with E-state index in [1.165, 1.54) is 32.1 Å². The van der Waals surface area contributed by atoms with Gasteiger partial charge in [0.2, 0.25) is 0 Å². The number of aliphatic hydroxyl groups is 1. The van der Waals surface area contributed by atoms with Gasteiger partial charge in [0.25, 0.3) is 0 Å². The summed E-state index contributed by atoms with van der Waals surface area (Å²) < 4.78 is 0. The Bertz CT molecular complexity index is 249. The van der Waals surface area contributed by atoms with E-state index in [0.29, 0.717) is 0 Å². The highest BCUT2D eigenvalue weighted by molar-refractivity contribution is 5.62. The molecule has 0 amide bonds. The lowest BCUT2D eigenvalue weighted by atomic mass is 10.1. The fourth-order valence-corrected chi connectivity index (χ4v) is 2.22. The van der Waals surface area contributed by atoms with Crippen molar-refractivity contribution < 1.29 is 5.11 Å². The van der Waals surface area contributed by atoms with Crippen LogP contribution in [0, 0.1) is 0 Å². The van der Waals surface area contributed by atoms with Gasteiger partial charge >= 0.3 is 0 Å². The molecule has 0 fully saturated rings. The molecule has 0 aromatic heterocycles. The third kappa shape index (κ3) is 5.46. The maximum absolute atomic E-state index is 9.56. The van der Waals surface area contributed by atoms with Gasteiger partial charge in [0.05, 0.1) is 0 Å². The van der Waals surface area contributed by atoms with Crippen LogP contribution in [0.4, 0.5) is 0 Å². The van der Waals surface area contributed by atoms with Gasteiger partial charge in [0, 0.05) is 12.8 Å². The second-order valence-electron chi connectivity index (χ2n) is 4.70. The zero-order valence-corrected chi connectivity index (χ0v) is 11.2.